The van der Waals surface area contributed by atoms with Crippen molar-refractivity contribution in [3.63, 3.8) is 0 Å². The van der Waals surface area contributed by atoms with Gasteiger partial charge in [0.15, 0.2) is 5.96 Å². The van der Waals surface area contributed by atoms with Crippen LogP contribution in [-0.4, -0.2) is 35.9 Å². The van der Waals surface area contributed by atoms with Gasteiger partial charge in [-0.2, -0.15) is 0 Å². The summed E-state index contributed by atoms with van der Waals surface area (Å²) in [4.78, 5) is 18.3. The standard InChI is InChI=1S/C16H22N4O.HI/c1-11-3-2-4-13(7-11)19-16(17)18-9-12-8-15(21)20(10-12)14-5-6-14;/h2-4,7,12,14H,5-6,8-10H2,1H3,(H3,17,18,19);1H. The van der Waals surface area contributed by atoms with Crippen LogP contribution in [0.25, 0.3) is 0 Å². The van der Waals surface area contributed by atoms with Crippen molar-refractivity contribution in [1.82, 2.24) is 4.90 Å². The van der Waals surface area contributed by atoms with E-state index >= 15 is 0 Å². The minimum atomic E-state index is 0. The Bertz CT molecular complexity index is 571. The van der Waals surface area contributed by atoms with Crippen molar-refractivity contribution in [2.45, 2.75) is 32.2 Å². The normalized spacial score (nSPS) is 21.7. The molecule has 0 bridgehead atoms. The number of anilines is 1. The van der Waals surface area contributed by atoms with E-state index in [1.54, 1.807) is 0 Å². The number of benzene rings is 1. The largest absolute Gasteiger partial charge is 0.370 e. The number of guanidine groups is 1. The Hall–Kier alpha value is -1.31. The maximum atomic E-state index is 11.9. The van der Waals surface area contributed by atoms with Gasteiger partial charge in [-0.25, -0.2) is 0 Å². The van der Waals surface area contributed by atoms with E-state index in [2.05, 4.69) is 10.3 Å². The van der Waals surface area contributed by atoms with Gasteiger partial charge in [-0.3, -0.25) is 9.79 Å². The number of hydrogen-bond donors (Lipinski definition) is 2. The number of nitrogens with zero attached hydrogens (tertiary/aromatic N) is 2. The lowest BCUT2D eigenvalue weighted by Crippen LogP contribution is -2.28. The first-order valence-corrected chi connectivity index (χ1v) is 7.55. The number of halogens is 1. The van der Waals surface area contributed by atoms with E-state index in [4.69, 9.17) is 5.73 Å². The van der Waals surface area contributed by atoms with Crippen LogP contribution in [0.3, 0.4) is 0 Å². The van der Waals surface area contributed by atoms with Crippen LogP contribution >= 0.6 is 24.0 Å². The van der Waals surface area contributed by atoms with Gasteiger partial charge in [-0.05, 0) is 37.5 Å². The fraction of sp³-hybridized carbons (Fsp3) is 0.500. The predicted molar refractivity (Wildman–Crippen MR) is 99.5 cm³/mol. The maximum absolute atomic E-state index is 11.9. The quantitative estimate of drug-likeness (QED) is 0.452. The number of aryl methyl sites for hydroxylation is 1. The molecule has 1 saturated heterocycles. The minimum absolute atomic E-state index is 0. The van der Waals surface area contributed by atoms with Crippen LogP contribution in [0, 0.1) is 12.8 Å². The van der Waals surface area contributed by atoms with Gasteiger partial charge < -0.3 is 16.0 Å². The molecule has 1 amide bonds. The number of amides is 1. The zero-order chi connectivity index (χ0) is 14.8. The smallest absolute Gasteiger partial charge is 0.223 e. The Kier molecular flexibility index (Phi) is 5.66. The molecule has 2 aliphatic rings. The number of carbonyl (C=O) groups excluding carboxylic acids is 1. The molecule has 1 aromatic carbocycles. The fourth-order valence-corrected chi connectivity index (χ4v) is 2.81. The average molecular weight is 414 g/mol. The molecular formula is C16H23IN4O. The highest BCUT2D eigenvalue weighted by molar-refractivity contribution is 14.0. The number of aliphatic imine (C=N–C) groups is 1. The van der Waals surface area contributed by atoms with Crippen LogP contribution in [-0.2, 0) is 4.79 Å². The Morgan fingerprint density at radius 1 is 1.45 bits per heavy atom. The Morgan fingerprint density at radius 3 is 2.91 bits per heavy atom. The molecule has 0 aromatic heterocycles. The molecule has 2 fully saturated rings. The zero-order valence-corrected chi connectivity index (χ0v) is 15.1. The SMILES string of the molecule is Cc1cccc(NC(N)=NCC2CC(=O)N(C3CC3)C2)c1.I. The number of rotatable bonds is 4. The number of hydrogen-bond acceptors (Lipinski definition) is 2. The number of carbonyl (C=O) groups is 1. The number of nitrogens with two attached hydrogens (primary N) is 1. The Morgan fingerprint density at radius 2 is 2.23 bits per heavy atom. The van der Waals surface area contributed by atoms with Gasteiger partial charge in [0.1, 0.15) is 0 Å². The first-order valence-electron chi connectivity index (χ1n) is 7.55. The van der Waals surface area contributed by atoms with Crippen molar-refractivity contribution < 1.29 is 4.79 Å². The van der Waals surface area contributed by atoms with Gasteiger partial charge in [0, 0.05) is 37.2 Å². The topological polar surface area (TPSA) is 70.7 Å². The van der Waals surface area contributed by atoms with Gasteiger partial charge in [0.25, 0.3) is 0 Å². The maximum Gasteiger partial charge on any atom is 0.223 e. The third-order valence-electron chi connectivity index (χ3n) is 4.04. The van der Waals surface area contributed by atoms with Crippen LogP contribution in [0.15, 0.2) is 29.3 Å². The van der Waals surface area contributed by atoms with E-state index in [9.17, 15) is 4.79 Å². The monoisotopic (exact) mass is 414 g/mol. The van der Waals surface area contributed by atoms with Gasteiger partial charge in [-0.15, -0.1) is 24.0 Å². The molecule has 1 heterocycles. The van der Waals surface area contributed by atoms with Crippen LogP contribution in [0.2, 0.25) is 0 Å². The lowest BCUT2D eigenvalue weighted by Gasteiger charge is -2.14. The summed E-state index contributed by atoms with van der Waals surface area (Å²) >= 11 is 0. The van der Waals surface area contributed by atoms with E-state index in [-0.39, 0.29) is 29.9 Å². The molecule has 0 spiro atoms. The molecule has 3 N–H and O–H groups in total. The fourth-order valence-electron chi connectivity index (χ4n) is 2.81. The lowest BCUT2D eigenvalue weighted by molar-refractivity contribution is -0.128. The first-order chi connectivity index (χ1) is 10.1. The average Bonchev–Trinajstić information content (AvgIpc) is 3.20. The Labute approximate surface area is 148 Å². The summed E-state index contributed by atoms with van der Waals surface area (Å²) in [5.74, 6) is 0.997. The second kappa shape index (κ2) is 7.30. The molecule has 1 aliphatic carbocycles. The van der Waals surface area contributed by atoms with Gasteiger partial charge >= 0.3 is 0 Å². The molecule has 6 heteroatoms. The van der Waals surface area contributed by atoms with Crippen molar-refractivity contribution in [3.8, 4) is 0 Å². The van der Waals surface area contributed by atoms with Gasteiger partial charge in [0.05, 0.1) is 0 Å². The second-order valence-corrected chi connectivity index (χ2v) is 6.07. The van der Waals surface area contributed by atoms with Crippen LogP contribution in [0.4, 0.5) is 5.69 Å². The van der Waals surface area contributed by atoms with E-state index in [0.717, 1.165) is 12.2 Å². The highest BCUT2D eigenvalue weighted by atomic mass is 127. The summed E-state index contributed by atoms with van der Waals surface area (Å²) in [7, 11) is 0. The van der Waals surface area contributed by atoms with Crippen molar-refractivity contribution in [2.75, 3.05) is 18.4 Å². The first kappa shape index (κ1) is 17.1. The highest BCUT2D eigenvalue weighted by Crippen LogP contribution is 2.32. The molecular weight excluding hydrogens is 391 g/mol. The van der Waals surface area contributed by atoms with Crippen LogP contribution < -0.4 is 11.1 Å². The predicted octanol–water partition coefficient (Wildman–Crippen LogP) is 2.35. The molecule has 1 aliphatic heterocycles. The second-order valence-electron chi connectivity index (χ2n) is 6.07. The number of nitrogens with one attached hydrogen (secondary N) is 1. The van der Waals surface area contributed by atoms with Crippen molar-refractivity contribution >= 4 is 41.5 Å². The summed E-state index contributed by atoms with van der Waals surface area (Å²) in [6, 6.07) is 8.51. The molecule has 0 radical (unpaired) electrons. The highest BCUT2D eigenvalue weighted by Gasteiger charge is 2.38. The molecule has 1 saturated carbocycles. The minimum Gasteiger partial charge on any atom is -0.370 e. The summed E-state index contributed by atoms with van der Waals surface area (Å²) in [6.45, 7) is 3.49. The third kappa shape index (κ3) is 4.34. The van der Waals surface area contributed by atoms with Gasteiger partial charge in [-0.1, -0.05) is 12.1 Å². The summed E-state index contributed by atoms with van der Waals surface area (Å²) < 4.78 is 0. The Balaban J connectivity index is 0.00000176. The van der Waals surface area contributed by atoms with Crippen molar-refractivity contribution in [1.29, 1.82) is 0 Å². The summed E-state index contributed by atoms with van der Waals surface area (Å²) in [5.41, 5.74) is 8.03. The zero-order valence-electron chi connectivity index (χ0n) is 12.8. The van der Waals surface area contributed by atoms with Crippen LogP contribution in [0.1, 0.15) is 24.8 Å². The van der Waals surface area contributed by atoms with Crippen molar-refractivity contribution in [2.24, 2.45) is 16.6 Å². The summed E-state index contributed by atoms with van der Waals surface area (Å²) in [6.07, 6.45) is 2.94. The molecule has 1 aromatic rings. The van der Waals surface area contributed by atoms with Gasteiger partial charge in [0.2, 0.25) is 5.91 Å². The van der Waals surface area contributed by atoms with E-state index < -0.39 is 0 Å². The number of likely N-dealkylation sites (tertiary alicyclic amines) is 1. The lowest BCUT2D eigenvalue weighted by atomic mass is 10.1. The van der Waals surface area contributed by atoms with Crippen LogP contribution in [0.5, 0.6) is 0 Å². The van der Waals surface area contributed by atoms with E-state index in [1.807, 2.05) is 36.1 Å². The van der Waals surface area contributed by atoms with E-state index in [0.29, 0.717) is 30.9 Å². The third-order valence-corrected chi connectivity index (χ3v) is 4.04. The molecule has 5 nitrogen and oxygen atoms in total. The molecule has 22 heavy (non-hydrogen) atoms. The van der Waals surface area contributed by atoms with Crippen molar-refractivity contribution in [3.05, 3.63) is 29.8 Å². The molecule has 120 valence electrons. The summed E-state index contributed by atoms with van der Waals surface area (Å²) in [5, 5.41) is 3.09. The molecule has 3 rings (SSSR count). The molecule has 1 unspecified atom stereocenters. The van der Waals surface area contributed by atoms with E-state index in [1.165, 1.54) is 18.4 Å². The molecule has 1 atom stereocenters.